The third-order valence-corrected chi connectivity index (χ3v) is 6.68. The van der Waals surface area contributed by atoms with Gasteiger partial charge in [-0.05, 0) is 51.3 Å². The average Bonchev–Trinajstić information content (AvgIpc) is 3.35. The summed E-state index contributed by atoms with van der Waals surface area (Å²) in [5.74, 6) is -0.486. The van der Waals surface area contributed by atoms with Gasteiger partial charge in [0.2, 0.25) is 0 Å². The van der Waals surface area contributed by atoms with Crippen LogP contribution in [0.4, 0.5) is 17.6 Å². The Morgan fingerprint density at radius 1 is 1.13 bits per heavy atom. The molecule has 1 aromatic heterocycles. The molecule has 2 heterocycles. The number of fused-ring (bicyclic) bond motifs is 1. The highest BCUT2D eigenvalue weighted by Gasteiger charge is 2.52. The maximum atomic E-state index is 15.2. The Morgan fingerprint density at radius 2 is 1.81 bits per heavy atom. The smallest absolute Gasteiger partial charge is 0.352 e. The molecule has 0 atom stereocenters. The van der Waals surface area contributed by atoms with Gasteiger partial charge in [-0.1, -0.05) is 31.1 Å². The molecule has 2 aromatic rings. The fourth-order valence-electron chi connectivity index (χ4n) is 4.77. The molecule has 1 fully saturated rings. The standard InChI is InChI=1S/C24H25F4N3/c1-15-11-12-18-20(21(15)25)17(14-29)22(31(18)16-8-4-5-9-16)19-10-6-7-13-30(19)23(2,3)24(26,27)28/h6-7,10-12,16H,4-5,8-9,13H2,1-3H3. The van der Waals surface area contributed by atoms with Crippen LogP contribution in [0.1, 0.15) is 62.4 Å². The Kier molecular flexibility index (Phi) is 5.15. The van der Waals surface area contributed by atoms with Crippen molar-refractivity contribution in [2.75, 3.05) is 6.54 Å². The first-order valence-corrected chi connectivity index (χ1v) is 10.5. The molecule has 2 aliphatic rings. The minimum Gasteiger partial charge on any atom is -0.352 e. The van der Waals surface area contributed by atoms with Gasteiger partial charge in [0.25, 0.3) is 0 Å². The lowest BCUT2D eigenvalue weighted by Crippen LogP contribution is -2.54. The highest BCUT2D eigenvalue weighted by atomic mass is 19.4. The Bertz CT molecular complexity index is 1120. The molecular weight excluding hydrogens is 406 g/mol. The zero-order chi connectivity index (χ0) is 22.6. The summed E-state index contributed by atoms with van der Waals surface area (Å²) in [7, 11) is 0. The summed E-state index contributed by atoms with van der Waals surface area (Å²) < 4.78 is 59.1. The average molecular weight is 431 g/mol. The molecule has 3 nitrogen and oxygen atoms in total. The van der Waals surface area contributed by atoms with Crippen molar-refractivity contribution < 1.29 is 17.6 Å². The van der Waals surface area contributed by atoms with Gasteiger partial charge in [-0.15, -0.1) is 0 Å². The van der Waals surface area contributed by atoms with Gasteiger partial charge in [0.05, 0.1) is 27.9 Å². The highest BCUT2D eigenvalue weighted by molar-refractivity contribution is 5.94. The van der Waals surface area contributed by atoms with Crippen LogP contribution in [0.25, 0.3) is 16.6 Å². The summed E-state index contributed by atoms with van der Waals surface area (Å²) in [5, 5.41) is 10.3. The van der Waals surface area contributed by atoms with E-state index < -0.39 is 17.5 Å². The quantitative estimate of drug-likeness (QED) is 0.511. The fraction of sp³-hybridized carbons (Fsp3) is 0.458. The molecule has 1 aromatic carbocycles. The second-order valence-electron chi connectivity index (χ2n) is 8.88. The number of aromatic nitrogens is 1. The van der Waals surface area contributed by atoms with Crippen molar-refractivity contribution in [1.82, 2.24) is 9.47 Å². The Balaban J connectivity index is 2.06. The second-order valence-corrected chi connectivity index (χ2v) is 8.88. The Labute approximate surface area is 179 Å². The molecule has 164 valence electrons. The van der Waals surface area contributed by atoms with Crippen LogP contribution < -0.4 is 0 Å². The number of hydrogen-bond donors (Lipinski definition) is 0. The molecule has 7 heteroatoms. The Hall–Kier alpha value is -2.75. The lowest BCUT2D eigenvalue weighted by molar-refractivity contribution is -0.209. The van der Waals surface area contributed by atoms with Gasteiger partial charge >= 0.3 is 6.18 Å². The fourth-order valence-corrected chi connectivity index (χ4v) is 4.77. The van der Waals surface area contributed by atoms with Gasteiger partial charge in [0, 0.05) is 12.6 Å². The molecule has 0 amide bonds. The van der Waals surface area contributed by atoms with E-state index in [9.17, 15) is 18.4 Å². The maximum absolute atomic E-state index is 15.2. The minimum absolute atomic E-state index is 0.0179. The van der Waals surface area contributed by atoms with Crippen LogP contribution in [0.2, 0.25) is 0 Å². The largest absolute Gasteiger partial charge is 0.411 e. The number of nitrogens with zero attached hydrogens (tertiary/aromatic N) is 3. The van der Waals surface area contributed by atoms with Gasteiger partial charge in [-0.2, -0.15) is 18.4 Å². The molecule has 1 saturated carbocycles. The third-order valence-electron chi connectivity index (χ3n) is 6.68. The molecule has 1 aliphatic heterocycles. The summed E-state index contributed by atoms with van der Waals surface area (Å²) in [6.45, 7) is 3.96. The van der Waals surface area contributed by atoms with Crippen LogP contribution in [-0.2, 0) is 0 Å². The van der Waals surface area contributed by atoms with Crippen molar-refractivity contribution >= 4 is 16.6 Å². The van der Waals surface area contributed by atoms with Crippen molar-refractivity contribution in [3.63, 3.8) is 0 Å². The van der Waals surface area contributed by atoms with Crippen molar-refractivity contribution in [2.45, 2.75) is 64.2 Å². The highest BCUT2D eigenvalue weighted by Crippen LogP contribution is 2.45. The van der Waals surface area contributed by atoms with Crippen LogP contribution in [-0.4, -0.2) is 27.7 Å². The number of rotatable bonds is 3. The lowest BCUT2D eigenvalue weighted by atomic mass is 9.97. The van der Waals surface area contributed by atoms with Crippen LogP contribution in [0, 0.1) is 24.1 Å². The molecule has 4 rings (SSSR count). The van der Waals surface area contributed by atoms with E-state index in [-0.39, 0.29) is 23.5 Å². The summed E-state index contributed by atoms with van der Waals surface area (Å²) >= 11 is 0. The summed E-state index contributed by atoms with van der Waals surface area (Å²) in [4.78, 5) is 1.28. The van der Waals surface area contributed by atoms with Gasteiger partial charge < -0.3 is 9.47 Å². The van der Waals surface area contributed by atoms with Gasteiger partial charge in [0.15, 0.2) is 0 Å². The zero-order valence-corrected chi connectivity index (χ0v) is 17.9. The van der Waals surface area contributed by atoms with E-state index in [4.69, 9.17) is 0 Å². The summed E-state index contributed by atoms with van der Waals surface area (Å²) in [6.07, 6.45) is 4.19. The first-order valence-electron chi connectivity index (χ1n) is 10.5. The molecule has 31 heavy (non-hydrogen) atoms. The minimum atomic E-state index is -4.49. The number of aryl methyl sites for hydroxylation is 1. The van der Waals surface area contributed by atoms with Crippen molar-refractivity contribution in [3.05, 3.63) is 53.0 Å². The van der Waals surface area contributed by atoms with Crippen LogP contribution in [0.15, 0.2) is 30.4 Å². The summed E-state index contributed by atoms with van der Waals surface area (Å²) in [5.41, 5.74) is -0.391. The van der Waals surface area contributed by atoms with E-state index in [1.54, 1.807) is 37.3 Å². The van der Waals surface area contributed by atoms with E-state index in [1.165, 1.54) is 4.90 Å². The number of benzene rings is 1. The van der Waals surface area contributed by atoms with E-state index in [2.05, 4.69) is 6.07 Å². The van der Waals surface area contributed by atoms with Crippen molar-refractivity contribution in [2.24, 2.45) is 0 Å². The molecule has 0 saturated heterocycles. The van der Waals surface area contributed by atoms with E-state index in [0.29, 0.717) is 22.5 Å². The zero-order valence-electron chi connectivity index (χ0n) is 17.9. The van der Waals surface area contributed by atoms with E-state index >= 15 is 4.39 Å². The molecule has 0 spiro atoms. The number of alkyl halides is 3. The maximum Gasteiger partial charge on any atom is 0.411 e. The van der Waals surface area contributed by atoms with Gasteiger partial charge in [-0.3, -0.25) is 0 Å². The van der Waals surface area contributed by atoms with E-state index in [1.807, 2.05) is 4.57 Å². The molecular formula is C24H25F4N3. The Morgan fingerprint density at radius 3 is 2.42 bits per heavy atom. The first-order chi connectivity index (χ1) is 14.6. The van der Waals surface area contributed by atoms with Crippen molar-refractivity contribution in [3.8, 4) is 6.07 Å². The van der Waals surface area contributed by atoms with E-state index in [0.717, 1.165) is 39.5 Å². The van der Waals surface area contributed by atoms with Gasteiger partial charge in [0.1, 0.15) is 17.4 Å². The van der Waals surface area contributed by atoms with Crippen LogP contribution >= 0.6 is 0 Å². The number of nitriles is 1. The molecule has 1 aliphatic carbocycles. The third kappa shape index (κ3) is 3.24. The molecule has 0 unspecified atom stereocenters. The van der Waals surface area contributed by atoms with Crippen LogP contribution in [0.5, 0.6) is 0 Å². The second kappa shape index (κ2) is 7.44. The first kappa shape index (κ1) is 21.5. The lowest BCUT2D eigenvalue weighted by Gasteiger charge is -2.43. The van der Waals surface area contributed by atoms with Crippen molar-refractivity contribution in [1.29, 1.82) is 5.26 Å². The number of hydrogen-bond acceptors (Lipinski definition) is 2. The topological polar surface area (TPSA) is 32.0 Å². The number of halogens is 4. The molecule has 0 radical (unpaired) electrons. The predicted molar refractivity (Wildman–Crippen MR) is 113 cm³/mol. The van der Waals surface area contributed by atoms with Gasteiger partial charge in [-0.25, -0.2) is 4.39 Å². The predicted octanol–water partition coefficient (Wildman–Crippen LogP) is 6.63. The normalized spacial score (nSPS) is 18.0. The van der Waals surface area contributed by atoms with Crippen LogP contribution in [0.3, 0.4) is 0 Å². The molecule has 0 N–H and O–H groups in total. The summed E-state index contributed by atoms with van der Waals surface area (Å²) in [6, 6.07) is 5.60. The SMILES string of the molecule is Cc1ccc2c(c1F)c(C#N)c(C1=CC=CCN1C(C)(C)C(F)(F)F)n2C1CCCC1. The molecule has 0 bridgehead atoms. The monoisotopic (exact) mass is 431 g/mol. The number of allylic oxidation sites excluding steroid dienone is 2.